The number of likely N-dealkylation sites (tertiary alicyclic amines) is 1. The zero-order chi connectivity index (χ0) is 30.8. The Bertz CT molecular complexity index is 1050. The number of hydrogen-bond donors (Lipinski definition) is 2. The van der Waals surface area contributed by atoms with E-state index >= 15 is 0 Å². The van der Waals surface area contributed by atoms with Crippen LogP contribution in [-0.4, -0.2) is 53.3 Å². The van der Waals surface area contributed by atoms with Gasteiger partial charge in [-0.15, -0.1) is 0 Å². The van der Waals surface area contributed by atoms with Crippen LogP contribution in [0, 0.1) is 11.8 Å². The normalized spacial score (nSPS) is 15.3. The number of nitrogens with one attached hydrogen (secondary N) is 1. The van der Waals surface area contributed by atoms with Crippen LogP contribution in [0.5, 0.6) is 0 Å². The number of piperidine rings is 1. The Morgan fingerprint density at radius 3 is 2.10 bits per heavy atom. The summed E-state index contributed by atoms with van der Waals surface area (Å²) in [5, 5.41) is 15.5. The number of carbonyl (C=O) groups excluding carboxylic acids is 2. The molecule has 41 heavy (non-hydrogen) atoms. The number of nitrogens with zero attached hydrogens (tertiary/aromatic N) is 1. The van der Waals surface area contributed by atoms with Crippen molar-refractivity contribution in [1.82, 2.24) is 10.2 Å². The lowest BCUT2D eigenvalue weighted by atomic mass is 9.95. The molecule has 2 N–H and O–H groups in total. The van der Waals surface area contributed by atoms with Crippen molar-refractivity contribution >= 4 is 22.8 Å². The third kappa shape index (κ3) is 14.0. The van der Waals surface area contributed by atoms with Crippen LogP contribution in [0.3, 0.4) is 0 Å². The number of fused-ring (bicyclic) bond motifs is 1. The Labute approximate surface area is 249 Å². The Morgan fingerprint density at radius 1 is 0.976 bits per heavy atom. The van der Waals surface area contributed by atoms with Crippen molar-refractivity contribution in [2.75, 3.05) is 19.7 Å². The highest BCUT2D eigenvalue weighted by molar-refractivity contribution is 5.83. The number of rotatable bonds is 8. The predicted octanol–water partition coefficient (Wildman–Crippen LogP) is 7.92. The van der Waals surface area contributed by atoms with Crippen LogP contribution in [0.2, 0.25) is 0 Å². The van der Waals surface area contributed by atoms with Gasteiger partial charge in [0.05, 0.1) is 0 Å². The van der Waals surface area contributed by atoms with E-state index in [4.69, 9.17) is 4.74 Å². The van der Waals surface area contributed by atoms with E-state index in [1.807, 2.05) is 52.0 Å². The number of carbonyl (C=O) groups is 2. The fourth-order valence-electron chi connectivity index (χ4n) is 4.39. The van der Waals surface area contributed by atoms with Crippen LogP contribution < -0.4 is 5.32 Å². The van der Waals surface area contributed by atoms with E-state index in [9.17, 15) is 14.7 Å². The van der Waals surface area contributed by atoms with Crippen LogP contribution in [0.25, 0.3) is 10.8 Å². The minimum absolute atomic E-state index is 0.0146. The molecule has 0 bridgehead atoms. The summed E-state index contributed by atoms with van der Waals surface area (Å²) in [7, 11) is 0. The van der Waals surface area contributed by atoms with Gasteiger partial charge in [0.25, 0.3) is 0 Å². The van der Waals surface area contributed by atoms with Gasteiger partial charge in [0.15, 0.2) is 0 Å². The van der Waals surface area contributed by atoms with Gasteiger partial charge in [-0.3, -0.25) is 4.79 Å². The largest absolute Gasteiger partial charge is 0.444 e. The first-order valence-corrected chi connectivity index (χ1v) is 15.6. The predicted molar refractivity (Wildman–Crippen MR) is 172 cm³/mol. The maximum atomic E-state index is 12.9. The van der Waals surface area contributed by atoms with Crippen molar-refractivity contribution in [2.24, 2.45) is 11.8 Å². The molecule has 6 nitrogen and oxygen atoms in total. The molecule has 1 saturated heterocycles. The second kappa shape index (κ2) is 19.3. The van der Waals surface area contributed by atoms with E-state index in [1.165, 1.54) is 29.2 Å². The zero-order valence-electron chi connectivity index (χ0n) is 26.9. The summed E-state index contributed by atoms with van der Waals surface area (Å²) in [4.78, 5) is 26.8. The van der Waals surface area contributed by atoms with E-state index in [0.29, 0.717) is 25.9 Å². The molecule has 0 aliphatic carbocycles. The molecule has 6 heteroatoms. The fraction of sp³-hybridized carbons (Fsp3) is 0.600. The van der Waals surface area contributed by atoms with Gasteiger partial charge in [-0.1, -0.05) is 102 Å². The summed E-state index contributed by atoms with van der Waals surface area (Å²) in [6, 6.07) is 14.6. The summed E-state index contributed by atoms with van der Waals surface area (Å²) in [5.41, 5.74) is 0.661. The summed E-state index contributed by atoms with van der Waals surface area (Å²) < 4.78 is 5.44. The molecule has 1 fully saturated rings. The van der Waals surface area contributed by atoms with E-state index in [0.717, 1.165) is 12.8 Å². The zero-order valence-corrected chi connectivity index (χ0v) is 26.9. The van der Waals surface area contributed by atoms with Crippen LogP contribution in [-0.2, 0) is 16.0 Å². The molecule has 1 unspecified atom stereocenters. The third-order valence-corrected chi connectivity index (χ3v) is 6.45. The van der Waals surface area contributed by atoms with E-state index in [-0.39, 0.29) is 36.5 Å². The number of amides is 2. The number of aliphatic hydroxyl groups excluding tert-OH is 1. The van der Waals surface area contributed by atoms with Crippen LogP contribution in [0.1, 0.15) is 93.1 Å². The number of ether oxygens (including phenoxy) is 1. The summed E-state index contributed by atoms with van der Waals surface area (Å²) in [5.74, 6) is -0.0954. The quantitative estimate of drug-likeness (QED) is 0.317. The van der Waals surface area contributed by atoms with Crippen LogP contribution >= 0.6 is 0 Å². The van der Waals surface area contributed by atoms with Gasteiger partial charge < -0.3 is 20.1 Å². The highest BCUT2D eigenvalue weighted by Crippen LogP contribution is 2.21. The number of aliphatic hydroxyl groups is 1. The smallest absolute Gasteiger partial charge is 0.410 e. The first-order chi connectivity index (χ1) is 19.5. The maximum absolute atomic E-state index is 12.9. The topological polar surface area (TPSA) is 78.9 Å². The van der Waals surface area contributed by atoms with Crippen molar-refractivity contribution in [3.63, 3.8) is 0 Å². The first-order valence-electron chi connectivity index (χ1n) is 15.6. The third-order valence-electron chi connectivity index (χ3n) is 6.45. The molecule has 2 atom stereocenters. The average molecular weight is 569 g/mol. The lowest BCUT2D eigenvalue weighted by Gasteiger charge is -2.33. The van der Waals surface area contributed by atoms with E-state index in [2.05, 4.69) is 63.3 Å². The second-order valence-electron chi connectivity index (χ2n) is 11.9. The minimum atomic E-state index is -0.521. The molecule has 0 saturated carbocycles. The van der Waals surface area contributed by atoms with Crippen LogP contribution in [0.15, 0.2) is 54.6 Å². The van der Waals surface area contributed by atoms with Gasteiger partial charge in [0.2, 0.25) is 5.91 Å². The molecule has 0 spiro atoms. The van der Waals surface area contributed by atoms with Gasteiger partial charge in [0, 0.05) is 37.6 Å². The maximum Gasteiger partial charge on any atom is 0.410 e. The van der Waals surface area contributed by atoms with Crippen molar-refractivity contribution < 1.29 is 19.4 Å². The van der Waals surface area contributed by atoms with Crippen molar-refractivity contribution in [3.8, 4) is 0 Å². The van der Waals surface area contributed by atoms with Crippen molar-refractivity contribution in [3.05, 3.63) is 60.2 Å². The van der Waals surface area contributed by atoms with E-state index in [1.54, 1.807) is 4.90 Å². The van der Waals surface area contributed by atoms with Gasteiger partial charge in [-0.2, -0.15) is 0 Å². The molecule has 0 aromatic heterocycles. The fourth-order valence-corrected chi connectivity index (χ4v) is 4.39. The Hall–Kier alpha value is -2.86. The number of benzene rings is 2. The molecule has 2 amide bonds. The molecule has 1 aliphatic heterocycles. The van der Waals surface area contributed by atoms with E-state index < -0.39 is 5.60 Å². The molecule has 1 aliphatic rings. The van der Waals surface area contributed by atoms with Gasteiger partial charge in [-0.25, -0.2) is 4.79 Å². The molecular formula is C35H56N2O4. The molecule has 2 aromatic carbocycles. The van der Waals surface area contributed by atoms with Gasteiger partial charge >= 0.3 is 6.09 Å². The van der Waals surface area contributed by atoms with Gasteiger partial charge in [0.1, 0.15) is 5.60 Å². The molecule has 2 aromatic rings. The Balaban J connectivity index is 0.00000129. The molecule has 230 valence electrons. The highest BCUT2D eigenvalue weighted by Gasteiger charge is 2.30. The molecule has 3 rings (SSSR count). The lowest BCUT2D eigenvalue weighted by molar-refractivity contribution is -0.126. The second-order valence-corrected chi connectivity index (χ2v) is 11.9. The lowest BCUT2D eigenvalue weighted by Crippen LogP contribution is -2.46. The van der Waals surface area contributed by atoms with Crippen molar-refractivity contribution in [2.45, 2.75) is 106 Å². The summed E-state index contributed by atoms with van der Waals surface area (Å²) >= 11 is 0. The monoisotopic (exact) mass is 568 g/mol. The first kappa shape index (κ1) is 36.2. The minimum Gasteiger partial charge on any atom is -0.444 e. The summed E-state index contributed by atoms with van der Waals surface area (Å²) in [6.07, 6.45) is 8.99. The van der Waals surface area contributed by atoms with Gasteiger partial charge in [-0.05, 0) is 62.8 Å². The SMILES string of the molecule is CCC.CCC.CC[C@H](/C=C/C(CO)Cc1ccc2ccccc2c1)NC(=O)C1CCN(C(=O)OC(C)(C)C)CC1. The molecule has 1 heterocycles. The standard InChI is InChI=1S/C29H40N2O4.2C3H8/c1-5-26(30-27(33)24-14-16-31(17-15-24)28(34)35-29(2,3)4)13-11-22(20-32)18-21-10-12-23-8-6-7-9-25(23)19-21;2*1-3-2/h6-13,19,22,24,26,32H,5,14-18,20H2,1-4H3,(H,30,33);2*3H2,1-2H3/b13-11+;;/t22?,26-;;/m1../s1. The Morgan fingerprint density at radius 2 is 1.56 bits per heavy atom. The highest BCUT2D eigenvalue weighted by atomic mass is 16.6. The summed E-state index contributed by atoms with van der Waals surface area (Å²) in [6.45, 7) is 17.2. The Kier molecular flexibility index (Phi) is 17.0. The average Bonchev–Trinajstić information content (AvgIpc) is 2.94. The molecule has 0 radical (unpaired) electrons. The van der Waals surface area contributed by atoms with Crippen LogP contribution in [0.4, 0.5) is 4.79 Å². The van der Waals surface area contributed by atoms with Crippen molar-refractivity contribution in [1.29, 1.82) is 0 Å². The molecular weight excluding hydrogens is 512 g/mol. The number of hydrogen-bond acceptors (Lipinski definition) is 4.